The van der Waals surface area contributed by atoms with Crippen molar-refractivity contribution in [2.45, 2.75) is 30.1 Å². The molecule has 0 saturated heterocycles. The lowest BCUT2D eigenvalue weighted by Crippen LogP contribution is -2.12. The van der Waals surface area contributed by atoms with Crippen LogP contribution < -0.4 is 5.32 Å². The van der Waals surface area contributed by atoms with E-state index in [1.54, 1.807) is 12.1 Å². The summed E-state index contributed by atoms with van der Waals surface area (Å²) in [7, 11) is 0. The lowest BCUT2D eigenvalue weighted by atomic mass is 10.2. The van der Waals surface area contributed by atoms with Crippen molar-refractivity contribution < 1.29 is 9.72 Å². The number of nitrogens with one attached hydrogen (secondary N) is 1. The van der Waals surface area contributed by atoms with Gasteiger partial charge >= 0.3 is 0 Å². The Morgan fingerprint density at radius 3 is 2.59 bits per heavy atom. The van der Waals surface area contributed by atoms with E-state index in [4.69, 9.17) is 0 Å². The van der Waals surface area contributed by atoms with Crippen LogP contribution in [0.25, 0.3) is 0 Å². The van der Waals surface area contributed by atoms with Crippen molar-refractivity contribution >= 4 is 39.8 Å². The fourth-order valence-corrected chi connectivity index (χ4v) is 3.81. The summed E-state index contributed by atoms with van der Waals surface area (Å²) in [6.45, 7) is 3.92. The van der Waals surface area contributed by atoms with Gasteiger partial charge in [-0.15, -0.1) is 10.2 Å². The number of anilines is 1. The number of nitrogens with zero attached hydrogens (tertiary/aromatic N) is 3. The molecule has 0 spiro atoms. The molecule has 7 nitrogen and oxygen atoms in total. The molecule has 0 aliphatic heterocycles. The lowest BCUT2D eigenvalue weighted by molar-refractivity contribution is -0.387. The molecule has 0 unspecified atom stereocenters. The van der Waals surface area contributed by atoms with Crippen LogP contribution in [0.5, 0.6) is 0 Å². The standard InChI is InChI=1S/C18H16N4O3S2/c1-3-16-20-21-18(27-16)19-17(23)12-6-9-15(14(10-12)22(24)25)26-13-7-4-11(2)5-8-13/h4-10H,3H2,1-2H3,(H,19,21,23). The van der Waals surface area contributed by atoms with Crippen molar-refractivity contribution in [2.24, 2.45) is 0 Å². The van der Waals surface area contributed by atoms with Gasteiger partial charge < -0.3 is 0 Å². The molecule has 0 aliphatic rings. The van der Waals surface area contributed by atoms with Crippen molar-refractivity contribution in [3.8, 4) is 0 Å². The number of nitro groups is 1. The van der Waals surface area contributed by atoms with Crippen LogP contribution in [-0.2, 0) is 6.42 Å². The summed E-state index contributed by atoms with van der Waals surface area (Å²) >= 11 is 2.57. The predicted molar refractivity (Wildman–Crippen MR) is 106 cm³/mol. The van der Waals surface area contributed by atoms with Crippen molar-refractivity contribution in [2.75, 3.05) is 5.32 Å². The molecule has 9 heteroatoms. The molecule has 3 rings (SSSR count). The third kappa shape index (κ3) is 4.69. The maximum absolute atomic E-state index is 12.4. The van der Waals surface area contributed by atoms with E-state index in [9.17, 15) is 14.9 Å². The van der Waals surface area contributed by atoms with Crippen molar-refractivity contribution in [1.29, 1.82) is 0 Å². The molecule has 3 aromatic rings. The van der Waals surface area contributed by atoms with E-state index in [-0.39, 0.29) is 11.3 Å². The van der Waals surface area contributed by atoms with Crippen LogP contribution in [0.4, 0.5) is 10.8 Å². The molecule has 0 saturated carbocycles. The Labute approximate surface area is 164 Å². The Hall–Kier alpha value is -2.78. The van der Waals surface area contributed by atoms with Crippen LogP contribution in [0.15, 0.2) is 52.3 Å². The molecule has 1 aromatic heterocycles. The highest BCUT2D eigenvalue weighted by atomic mass is 32.2. The molecule has 0 radical (unpaired) electrons. The minimum Gasteiger partial charge on any atom is -0.296 e. The molecule has 2 aromatic carbocycles. The maximum Gasteiger partial charge on any atom is 0.284 e. The van der Waals surface area contributed by atoms with E-state index >= 15 is 0 Å². The van der Waals surface area contributed by atoms with Gasteiger partial charge in [0.2, 0.25) is 5.13 Å². The smallest absolute Gasteiger partial charge is 0.284 e. The number of benzene rings is 2. The predicted octanol–water partition coefficient (Wildman–Crippen LogP) is 4.72. The van der Waals surface area contributed by atoms with Gasteiger partial charge in [0.1, 0.15) is 5.01 Å². The van der Waals surface area contributed by atoms with Crippen molar-refractivity contribution in [3.63, 3.8) is 0 Å². The normalized spacial score (nSPS) is 10.6. The van der Waals surface area contributed by atoms with E-state index in [1.165, 1.54) is 29.2 Å². The SMILES string of the molecule is CCc1nnc(NC(=O)c2ccc(Sc3ccc(C)cc3)c([N+](=O)[O-])c2)s1. The van der Waals surface area contributed by atoms with E-state index in [0.717, 1.165) is 21.9 Å². The summed E-state index contributed by atoms with van der Waals surface area (Å²) < 4.78 is 0. The van der Waals surface area contributed by atoms with Gasteiger partial charge in [-0.05, 0) is 37.6 Å². The van der Waals surface area contributed by atoms with Crippen LogP contribution >= 0.6 is 23.1 Å². The average molecular weight is 400 g/mol. The number of hydrogen-bond acceptors (Lipinski definition) is 7. The Balaban J connectivity index is 1.83. The second-order valence-corrected chi connectivity index (χ2v) is 7.84. The fourth-order valence-electron chi connectivity index (χ4n) is 2.24. The number of aryl methyl sites for hydroxylation is 2. The summed E-state index contributed by atoms with van der Waals surface area (Å²) in [6, 6.07) is 12.2. The molecule has 1 amide bonds. The number of rotatable bonds is 6. The first-order chi connectivity index (χ1) is 13.0. The highest BCUT2D eigenvalue weighted by Crippen LogP contribution is 2.35. The van der Waals surface area contributed by atoms with Gasteiger partial charge in [0, 0.05) is 16.5 Å². The molecular formula is C18H16N4O3S2. The number of carbonyl (C=O) groups is 1. The Bertz CT molecular complexity index is 987. The third-order valence-electron chi connectivity index (χ3n) is 3.66. The fraction of sp³-hybridized carbons (Fsp3) is 0.167. The summed E-state index contributed by atoms with van der Waals surface area (Å²) in [5.74, 6) is -0.455. The summed E-state index contributed by atoms with van der Waals surface area (Å²) in [5.41, 5.74) is 1.20. The zero-order valence-corrected chi connectivity index (χ0v) is 16.3. The van der Waals surface area contributed by atoms with Crippen LogP contribution in [0, 0.1) is 17.0 Å². The highest BCUT2D eigenvalue weighted by Gasteiger charge is 2.19. The molecule has 1 heterocycles. The number of amides is 1. The lowest BCUT2D eigenvalue weighted by Gasteiger charge is -2.06. The molecule has 1 N–H and O–H groups in total. The van der Waals surface area contributed by atoms with Gasteiger partial charge in [-0.25, -0.2) is 0 Å². The second kappa shape index (κ2) is 8.28. The molecule has 138 valence electrons. The molecule has 0 fully saturated rings. The molecule has 0 aliphatic carbocycles. The van der Waals surface area contributed by atoms with Crippen LogP contribution in [-0.4, -0.2) is 21.0 Å². The van der Waals surface area contributed by atoms with Crippen LogP contribution in [0.2, 0.25) is 0 Å². The van der Waals surface area contributed by atoms with Crippen LogP contribution in [0.1, 0.15) is 27.9 Å². The van der Waals surface area contributed by atoms with Gasteiger partial charge in [-0.1, -0.05) is 47.7 Å². The van der Waals surface area contributed by atoms with E-state index in [2.05, 4.69) is 15.5 Å². The second-order valence-electron chi connectivity index (χ2n) is 5.66. The highest BCUT2D eigenvalue weighted by molar-refractivity contribution is 7.99. The largest absolute Gasteiger partial charge is 0.296 e. The van der Waals surface area contributed by atoms with Gasteiger partial charge in [0.05, 0.1) is 9.82 Å². The minimum atomic E-state index is -0.479. The van der Waals surface area contributed by atoms with E-state index < -0.39 is 10.8 Å². The van der Waals surface area contributed by atoms with Gasteiger partial charge in [-0.2, -0.15) is 0 Å². The number of aromatic nitrogens is 2. The zero-order valence-electron chi connectivity index (χ0n) is 14.6. The first-order valence-corrected chi connectivity index (χ1v) is 9.76. The van der Waals surface area contributed by atoms with E-state index in [0.29, 0.717) is 10.0 Å². The summed E-state index contributed by atoms with van der Waals surface area (Å²) in [6.07, 6.45) is 0.726. The first-order valence-electron chi connectivity index (χ1n) is 8.13. The van der Waals surface area contributed by atoms with Gasteiger partial charge in [0.25, 0.3) is 11.6 Å². The monoisotopic (exact) mass is 400 g/mol. The molecular weight excluding hydrogens is 384 g/mol. The number of hydrogen-bond donors (Lipinski definition) is 1. The Morgan fingerprint density at radius 1 is 1.22 bits per heavy atom. The molecule has 0 atom stereocenters. The average Bonchev–Trinajstić information content (AvgIpc) is 3.11. The molecule has 27 heavy (non-hydrogen) atoms. The summed E-state index contributed by atoms with van der Waals surface area (Å²) in [5, 5.41) is 23.1. The first kappa shape index (κ1) is 19.0. The van der Waals surface area contributed by atoms with Crippen molar-refractivity contribution in [3.05, 3.63) is 68.7 Å². The van der Waals surface area contributed by atoms with Gasteiger partial charge in [0.15, 0.2) is 0 Å². The maximum atomic E-state index is 12.4. The van der Waals surface area contributed by atoms with Crippen LogP contribution in [0.3, 0.4) is 0 Å². The topological polar surface area (TPSA) is 98.0 Å². The Kier molecular flexibility index (Phi) is 5.82. The molecule has 0 bridgehead atoms. The Morgan fingerprint density at radius 2 is 1.96 bits per heavy atom. The number of carbonyl (C=O) groups excluding carboxylic acids is 1. The summed E-state index contributed by atoms with van der Waals surface area (Å²) in [4.78, 5) is 24.8. The zero-order chi connectivity index (χ0) is 19.4. The third-order valence-corrected chi connectivity index (χ3v) is 5.71. The quantitative estimate of drug-likeness (QED) is 0.475. The number of nitro benzene ring substituents is 1. The minimum absolute atomic E-state index is 0.111. The van der Waals surface area contributed by atoms with Crippen molar-refractivity contribution in [1.82, 2.24) is 10.2 Å². The van der Waals surface area contributed by atoms with Gasteiger partial charge in [-0.3, -0.25) is 20.2 Å². The van der Waals surface area contributed by atoms with E-state index in [1.807, 2.05) is 38.1 Å².